The number of methoxy groups -OCH3 is 1. The molecule has 0 aliphatic heterocycles. The zero-order valence-corrected chi connectivity index (χ0v) is 14.8. The van der Waals surface area contributed by atoms with Gasteiger partial charge < -0.3 is 14.8 Å². The zero-order valence-electron chi connectivity index (χ0n) is 13.2. The normalized spacial score (nSPS) is 15.1. The van der Waals surface area contributed by atoms with Crippen LogP contribution in [0.1, 0.15) is 38.7 Å². The van der Waals surface area contributed by atoms with Gasteiger partial charge in [0.05, 0.1) is 18.2 Å². The lowest BCUT2D eigenvalue weighted by Crippen LogP contribution is -2.20. The third-order valence-corrected chi connectivity index (χ3v) is 4.45. The Hall–Kier alpha value is -0.740. The lowest BCUT2D eigenvalue weighted by molar-refractivity contribution is 0.175. The molecule has 21 heavy (non-hydrogen) atoms. The standard InChI is InChI=1S/C17H26BrNO2/c1-12(2)9-19-10-14-7-15(18)17(16(8-14)20-3)21-11-13-5-4-6-13/h7-8,12-13,19H,4-6,9-11H2,1-3H3. The number of ether oxygens (including phenoxy) is 2. The summed E-state index contributed by atoms with van der Waals surface area (Å²) in [6, 6.07) is 4.18. The van der Waals surface area contributed by atoms with E-state index >= 15 is 0 Å². The van der Waals surface area contributed by atoms with Gasteiger partial charge in [0.2, 0.25) is 0 Å². The fraction of sp³-hybridized carbons (Fsp3) is 0.647. The second-order valence-corrected chi connectivity index (χ2v) is 7.10. The molecule has 0 heterocycles. The van der Waals surface area contributed by atoms with Crippen molar-refractivity contribution in [1.29, 1.82) is 0 Å². The Balaban J connectivity index is 1.99. The summed E-state index contributed by atoms with van der Waals surface area (Å²) < 4.78 is 12.4. The van der Waals surface area contributed by atoms with Gasteiger partial charge >= 0.3 is 0 Å². The van der Waals surface area contributed by atoms with Crippen LogP contribution in [-0.4, -0.2) is 20.3 Å². The SMILES string of the molecule is COc1cc(CNCC(C)C)cc(Br)c1OCC1CCC1. The number of hydrogen-bond acceptors (Lipinski definition) is 3. The quantitative estimate of drug-likeness (QED) is 0.750. The van der Waals surface area contributed by atoms with E-state index in [1.165, 1.54) is 24.8 Å². The second kappa shape index (κ2) is 8.04. The van der Waals surface area contributed by atoms with Crippen LogP contribution < -0.4 is 14.8 Å². The Bertz CT molecular complexity index is 458. The van der Waals surface area contributed by atoms with E-state index in [9.17, 15) is 0 Å². The predicted molar refractivity (Wildman–Crippen MR) is 90.1 cm³/mol. The van der Waals surface area contributed by atoms with Gasteiger partial charge in [-0.05, 0) is 64.8 Å². The molecular formula is C17H26BrNO2. The fourth-order valence-corrected chi connectivity index (χ4v) is 2.99. The highest BCUT2D eigenvalue weighted by Gasteiger charge is 2.20. The average molecular weight is 356 g/mol. The van der Waals surface area contributed by atoms with Gasteiger partial charge in [0.1, 0.15) is 0 Å². The molecule has 1 N–H and O–H groups in total. The summed E-state index contributed by atoms with van der Waals surface area (Å²) in [6.45, 7) is 7.07. The van der Waals surface area contributed by atoms with Crippen molar-refractivity contribution in [1.82, 2.24) is 5.32 Å². The van der Waals surface area contributed by atoms with Crippen molar-refractivity contribution in [3.05, 3.63) is 22.2 Å². The lowest BCUT2D eigenvalue weighted by atomic mass is 9.86. The number of rotatable bonds is 8. The maximum atomic E-state index is 5.97. The van der Waals surface area contributed by atoms with E-state index in [-0.39, 0.29) is 0 Å². The second-order valence-electron chi connectivity index (χ2n) is 6.24. The van der Waals surface area contributed by atoms with E-state index in [0.29, 0.717) is 11.8 Å². The van der Waals surface area contributed by atoms with Crippen LogP contribution in [0, 0.1) is 11.8 Å². The van der Waals surface area contributed by atoms with Crippen molar-refractivity contribution in [2.24, 2.45) is 11.8 Å². The van der Waals surface area contributed by atoms with Gasteiger partial charge in [-0.15, -0.1) is 0 Å². The van der Waals surface area contributed by atoms with Crippen molar-refractivity contribution in [3.63, 3.8) is 0 Å². The Morgan fingerprint density at radius 1 is 1.33 bits per heavy atom. The molecule has 0 amide bonds. The fourth-order valence-electron chi connectivity index (χ4n) is 2.38. The maximum Gasteiger partial charge on any atom is 0.175 e. The first-order valence-electron chi connectivity index (χ1n) is 7.80. The van der Waals surface area contributed by atoms with E-state index < -0.39 is 0 Å². The van der Waals surface area contributed by atoms with E-state index in [4.69, 9.17) is 9.47 Å². The van der Waals surface area contributed by atoms with Crippen molar-refractivity contribution in [3.8, 4) is 11.5 Å². The van der Waals surface area contributed by atoms with E-state index in [1.807, 2.05) is 0 Å². The summed E-state index contributed by atoms with van der Waals surface area (Å²) in [5.74, 6) is 3.01. The topological polar surface area (TPSA) is 30.5 Å². The van der Waals surface area contributed by atoms with Crippen LogP contribution in [0.3, 0.4) is 0 Å². The van der Waals surface area contributed by atoms with Crippen molar-refractivity contribution < 1.29 is 9.47 Å². The molecular weight excluding hydrogens is 330 g/mol. The minimum absolute atomic E-state index is 0.653. The minimum atomic E-state index is 0.653. The lowest BCUT2D eigenvalue weighted by Gasteiger charge is -2.26. The number of benzene rings is 1. The Kier molecular flexibility index (Phi) is 6.37. The molecule has 1 fully saturated rings. The van der Waals surface area contributed by atoms with Crippen LogP contribution in [0.25, 0.3) is 0 Å². The van der Waals surface area contributed by atoms with E-state index in [2.05, 4.69) is 47.2 Å². The molecule has 1 aliphatic rings. The van der Waals surface area contributed by atoms with Gasteiger partial charge in [0, 0.05) is 6.54 Å². The van der Waals surface area contributed by atoms with Crippen LogP contribution in [0.5, 0.6) is 11.5 Å². The smallest absolute Gasteiger partial charge is 0.175 e. The molecule has 1 aliphatic carbocycles. The predicted octanol–water partition coefficient (Wildman–Crippen LogP) is 4.38. The molecule has 0 spiro atoms. The summed E-state index contributed by atoms with van der Waals surface area (Å²) in [7, 11) is 1.70. The highest BCUT2D eigenvalue weighted by atomic mass is 79.9. The van der Waals surface area contributed by atoms with Gasteiger partial charge in [0.15, 0.2) is 11.5 Å². The van der Waals surface area contributed by atoms with E-state index in [1.54, 1.807) is 7.11 Å². The average Bonchev–Trinajstić information content (AvgIpc) is 2.38. The highest BCUT2D eigenvalue weighted by molar-refractivity contribution is 9.10. The third kappa shape index (κ3) is 4.89. The number of nitrogens with one attached hydrogen (secondary N) is 1. The van der Waals surface area contributed by atoms with E-state index in [0.717, 1.165) is 35.7 Å². The van der Waals surface area contributed by atoms with Crippen LogP contribution in [0.4, 0.5) is 0 Å². The number of hydrogen-bond donors (Lipinski definition) is 1. The maximum absolute atomic E-state index is 5.97. The van der Waals surface area contributed by atoms with Crippen molar-refractivity contribution >= 4 is 15.9 Å². The Morgan fingerprint density at radius 2 is 2.10 bits per heavy atom. The van der Waals surface area contributed by atoms with Crippen LogP contribution >= 0.6 is 15.9 Å². The summed E-state index contributed by atoms with van der Waals surface area (Å²) in [6.07, 6.45) is 3.92. The molecule has 118 valence electrons. The number of halogens is 1. The summed E-state index contributed by atoms with van der Waals surface area (Å²) in [5, 5.41) is 3.45. The first-order valence-corrected chi connectivity index (χ1v) is 8.59. The van der Waals surface area contributed by atoms with Gasteiger partial charge in [0.25, 0.3) is 0 Å². The molecule has 1 saturated carbocycles. The largest absolute Gasteiger partial charge is 0.493 e. The van der Waals surface area contributed by atoms with Crippen LogP contribution in [0.2, 0.25) is 0 Å². The van der Waals surface area contributed by atoms with Crippen molar-refractivity contribution in [2.75, 3.05) is 20.3 Å². The molecule has 0 radical (unpaired) electrons. The summed E-state index contributed by atoms with van der Waals surface area (Å²) in [4.78, 5) is 0. The molecule has 0 bridgehead atoms. The Morgan fingerprint density at radius 3 is 2.67 bits per heavy atom. The Labute approximate surface area is 136 Å². The monoisotopic (exact) mass is 355 g/mol. The molecule has 0 atom stereocenters. The molecule has 1 aromatic carbocycles. The van der Waals surface area contributed by atoms with Crippen LogP contribution in [-0.2, 0) is 6.54 Å². The molecule has 0 unspecified atom stereocenters. The minimum Gasteiger partial charge on any atom is -0.493 e. The third-order valence-electron chi connectivity index (χ3n) is 3.86. The van der Waals surface area contributed by atoms with Crippen molar-refractivity contribution in [2.45, 2.75) is 39.7 Å². The first kappa shape index (κ1) is 16.6. The first-order chi connectivity index (χ1) is 10.1. The highest BCUT2D eigenvalue weighted by Crippen LogP contribution is 2.38. The van der Waals surface area contributed by atoms with Crippen LogP contribution in [0.15, 0.2) is 16.6 Å². The molecule has 2 rings (SSSR count). The molecule has 0 aromatic heterocycles. The molecule has 1 aromatic rings. The van der Waals surface area contributed by atoms with Gasteiger partial charge in [-0.3, -0.25) is 0 Å². The molecule has 4 heteroatoms. The molecule has 3 nitrogen and oxygen atoms in total. The van der Waals surface area contributed by atoms with Gasteiger partial charge in [-0.1, -0.05) is 20.3 Å². The zero-order chi connectivity index (χ0) is 15.2. The summed E-state index contributed by atoms with van der Waals surface area (Å²) >= 11 is 3.62. The van der Waals surface area contributed by atoms with Gasteiger partial charge in [-0.25, -0.2) is 0 Å². The summed E-state index contributed by atoms with van der Waals surface area (Å²) in [5.41, 5.74) is 1.20. The molecule has 0 saturated heterocycles. The van der Waals surface area contributed by atoms with Gasteiger partial charge in [-0.2, -0.15) is 0 Å².